The molecule has 3 N–H and O–H groups in total. The molecule has 0 bridgehead atoms. The second-order valence-electron chi connectivity index (χ2n) is 9.40. The fourth-order valence-electron chi connectivity index (χ4n) is 5.14. The Morgan fingerprint density at radius 1 is 1.24 bits per heavy atom. The molecule has 2 aromatic rings. The standard InChI is InChI=1S/C21H24F3N5O3S/c22-21(23,24)16-17(12-2-3-12)28-29(11-13-4-8-20(13)6-1-7-20)18(16)19(30)27-14-5-9-26-15(10-14)33(25,31)32/h5,9-10,12-13H,1-4,6-8,11H2,(H2,25,31,32)(H,26,27,30). The van der Waals surface area contributed by atoms with Crippen LogP contribution in [-0.2, 0) is 22.7 Å². The number of pyridine rings is 1. The van der Waals surface area contributed by atoms with Gasteiger partial charge in [-0.25, -0.2) is 18.5 Å². The number of nitrogens with two attached hydrogens (primary N) is 1. The Bertz CT molecular complexity index is 1210. The van der Waals surface area contributed by atoms with Gasteiger partial charge in [0.1, 0.15) is 11.3 Å². The molecule has 178 valence electrons. The molecular formula is C21H24F3N5O3S. The number of rotatable bonds is 6. The third-order valence-electron chi connectivity index (χ3n) is 7.33. The SMILES string of the molecule is NS(=O)(=O)c1cc(NC(=O)c2c(C(F)(F)F)c(C3CC3)nn2CC2CCC23CCC3)ccn1. The predicted molar refractivity (Wildman–Crippen MR) is 112 cm³/mol. The van der Waals surface area contributed by atoms with E-state index in [1.54, 1.807) is 0 Å². The summed E-state index contributed by atoms with van der Waals surface area (Å²) in [5, 5.41) is 11.3. The molecule has 3 saturated carbocycles. The summed E-state index contributed by atoms with van der Waals surface area (Å²) in [5.41, 5.74) is -1.45. The summed E-state index contributed by atoms with van der Waals surface area (Å²) >= 11 is 0. The van der Waals surface area contributed by atoms with E-state index < -0.39 is 38.4 Å². The number of halogens is 3. The van der Waals surface area contributed by atoms with Gasteiger partial charge in [0.15, 0.2) is 5.03 Å². The Morgan fingerprint density at radius 3 is 2.48 bits per heavy atom. The van der Waals surface area contributed by atoms with Crippen molar-refractivity contribution in [1.82, 2.24) is 14.8 Å². The number of sulfonamides is 1. The zero-order valence-corrected chi connectivity index (χ0v) is 18.5. The summed E-state index contributed by atoms with van der Waals surface area (Å²) < 4.78 is 66.8. The summed E-state index contributed by atoms with van der Waals surface area (Å²) in [6.07, 6.45) is 2.80. The van der Waals surface area contributed by atoms with E-state index >= 15 is 0 Å². The highest BCUT2D eigenvalue weighted by atomic mass is 32.2. The molecule has 33 heavy (non-hydrogen) atoms. The average molecular weight is 484 g/mol. The monoisotopic (exact) mass is 483 g/mol. The highest BCUT2D eigenvalue weighted by molar-refractivity contribution is 7.89. The van der Waals surface area contributed by atoms with Crippen LogP contribution in [0.3, 0.4) is 0 Å². The van der Waals surface area contributed by atoms with Gasteiger partial charge in [-0.15, -0.1) is 0 Å². The predicted octanol–water partition coefficient (Wildman–Crippen LogP) is 3.65. The normalized spacial score (nSPS) is 22.0. The van der Waals surface area contributed by atoms with E-state index in [0.717, 1.165) is 44.4 Å². The lowest BCUT2D eigenvalue weighted by Crippen LogP contribution is -2.47. The topological polar surface area (TPSA) is 120 Å². The first-order valence-electron chi connectivity index (χ1n) is 11.0. The van der Waals surface area contributed by atoms with E-state index in [0.29, 0.717) is 12.8 Å². The van der Waals surface area contributed by atoms with Crippen molar-refractivity contribution in [2.45, 2.75) is 68.6 Å². The molecule has 0 saturated heterocycles. The maximum Gasteiger partial charge on any atom is 0.420 e. The van der Waals surface area contributed by atoms with E-state index in [1.807, 2.05) is 0 Å². The molecule has 0 radical (unpaired) electrons. The van der Waals surface area contributed by atoms with Gasteiger partial charge in [0.2, 0.25) is 0 Å². The number of amides is 1. The van der Waals surface area contributed by atoms with Crippen molar-refractivity contribution in [2.24, 2.45) is 16.5 Å². The fraction of sp³-hybridized carbons (Fsp3) is 0.571. The quantitative estimate of drug-likeness (QED) is 0.650. The van der Waals surface area contributed by atoms with E-state index in [-0.39, 0.29) is 35.2 Å². The second kappa shape index (κ2) is 7.52. The lowest BCUT2D eigenvalue weighted by molar-refractivity contribution is -0.138. The number of nitrogens with one attached hydrogen (secondary N) is 1. The molecule has 2 heterocycles. The Hall–Kier alpha value is -2.47. The van der Waals surface area contributed by atoms with Crippen LogP contribution in [0.5, 0.6) is 0 Å². The van der Waals surface area contributed by atoms with E-state index in [2.05, 4.69) is 15.4 Å². The van der Waals surface area contributed by atoms with Crippen LogP contribution in [0.2, 0.25) is 0 Å². The van der Waals surface area contributed by atoms with Crippen LogP contribution in [0.1, 0.15) is 72.6 Å². The third-order valence-corrected chi connectivity index (χ3v) is 8.13. The number of carbonyl (C=O) groups excluding carboxylic acids is 1. The number of alkyl halides is 3. The molecule has 3 aliphatic rings. The van der Waals surface area contributed by atoms with Gasteiger partial charge in [0, 0.05) is 30.4 Å². The Balaban J connectivity index is 1.52. The number of primary sulfonamides is 1. The van der Waals surface area contributed by atoms with Gasteiger partial charge in [-0.2, -0.15) is 18.3 Å². The van der Waals surface area contributed by atoms with Crippen LogP contribution in [0.4, 0.5) is 18.9 Å². The van der Waals surface area contributed by atoms with Crippen molar-refractivity contribution in [2.75, 3.05) is 5.32 Å². The van der Waals surface area contributed by atoms with Gasteiger partial charge >= 0.3 is 6.18 Å². The van der Waals surface area contributed by atoms with Gasteiger partial charge in [0.25, 0.3) is 15.9 Å². The summed E-state index contributed by atoms with van der Waals surface area (Å²) in [4.78, 5) is 16.8. The molecule has 5 rings (SSSR count). The van der Waals surface area contributed by atoms with Crippen molar-refractivity contribution >= 4 is 21.6 Å². The zero-order valence-electron chi connectivity index (χ0n) is 17.7. The lowest BCUT2D eigenvalue weighted by Gasteiger charge is -2.56. The molecular weight excluding hydrogens is 459 g/mol. The van der Waals surface area contributed by atoms with Crippen LogP contribution < -0.4 is 10.5 Å². The number of nitrogens with zero attached hydrogens (tertiary/aromatic N) is 3. The molecule has 2 aromatic heterocycles. The number of carbonyl (C=O) groups is 1. The first-order valence-corrected chi connectivity index (χ1v) is 12.5. The molecule has 1 atom stereocenters. The van der Waals surface area contributed by atoms with E-state index in [1.165, 1.54) is 10.7 Å². The minimum absolute atomic E-state index is 0.0213. The minimum Gasteiger partial charge on any atom is -0.320 e. The number of hydrogen-bond donors (Lipinski definition) is 2. The molecule has 1 amide bonds. The molecule has 1 spiro atoms. The first kappa shape index (κ1) is 22.3. The second-order valence-corrected chi connectivity index (χ2v) is 10.9. The maximum absolute atomic E-state index is 14.2. The molecule has 3 aliphatic carbocycles. The Kier molecular flexibility index (Phi) is 5.09. The number of anilines is 1. The lowest BCUT2D eigenvalue weighted by atomic mass is 9.50. The number of aromatic nitrogens is 3. The molecule has 0 aromatic carbocycles. The van der Waals surface area contributed by atoms with Gasteiger partial charge in [-0.1, -0.05) is 6.42 Å². The summed E-state index contributed by atoms with van der Waals surface area (Å²) in [7, 11) is -4.15. The Labute approximate surface area is 188 Å². The van der Waals surface area contributed by atoms with Crippen molar-refractivity contribution in [1.29, 1.82) is 0 Å². The van der Waals surface area contributed by atoms with Crippen LogP contribution in [-0.4, -0.2) is 29.1 Å². The number of hydrogen-bond acceptors (Lipinski definition) is 5. The smallest absolute Gasteiger partial charge is 0.320 e. The van der Waals surface area contributed by atoms with Crippen LogP contribution in [0.15, 0.2) is 23.4 Å². The minimum atomic E-state index is -4.75. The van der Waals surface area contributed by atoms with Gasteiger partial charge in [-0.3, -0.25) is 9.48 Å². The van der Waals surface area contributed by atoms with Gasteiger partial charge in [0.05, 0.1) is 5.69 Å². The Morgan fingerprint density at radius 2 is 1.97 bits per heavy atom. The fourth-order valence-corrected chi connectivity index (χ4v) is 5.64. The van der Waals surface area contributed by atoms with Crippen molar-refractivity contribution in [3.8, 4) is 0 Å². The first-order chi connectivity index (χ1) is 15.5. The zero-order chi connectivity index (χ0) is 23.6. The highest BCUT2D eigenvalue weighted by Gasteiger charge is 2.52. The van der Waals surface area contributed by atoms with Crippen molar-refractivity contribution in [3.05, 3.63) is 35.3 Å². The van der Waals surface area contributed by atoms with Crippen molar-refractivity contribution < 1.29 is 26.4 Å². The van der Waals surface area contributed by atoms with Gasteiger partial charge < -0.3 is 5.32 Å². The van der Waals surface area contributed by atoms with E-state index in [9.17, 15) is 26.4 Å². The van der Waals surface area contributed by atoms with Crippen LogP contribution in [0.25, 0.3) is 0 Å². The molecule has 8 nitrogen and oxygen atoms in total. The maximum atomic E-state index is 14.2. The summed E-state index contributed by atoms with van der Waals surface area (Å²) in [6.45, 7) is 0.261. The molecule has 12 heteroatoms. The summed E-state index contributed by atoms with van der Waals surface area (Å²) in [5.74, 6) is -1.10. The van der Waals surface area contributed by atoms with Gasteiger partial charge in [-0.05, 0) is 55.9 Å². The van der Waals surface area contributed by atoms with Crippen LogP contribution in [0, 0.1) is 11.3 Å². The molecule has 1 unspecified atom stereocenters. The van der Waals surface area contributed by atoms with Crippen LogP contribution >= 0.6 is 0 Å². The average Bonchev–Trinajstić information content (AvgIpc) is 3.43. The van der Waals surface area contributed by atoms with E-state index in [4.69, 9.17) is 5.14 Å². The largest absolute Gasteiger partial charge is 0.420 e. The highest BCUT2D eigenvalue weighted by Crippen LogP contribution is 2.60. The summed E-state index contributed by atoms with van der Waals surface area (Å²) in [6, 6.07) is 2.30. The molecule has 3 fully saturated rings. The molecule has 0 aliphatic heterocycles. The third kappa shape index (κ3) is 4.03. The van der Waals surface area contributed by atoms with Crippen molar-refractivity contribution in [3.63, 3.8) is 0 Å².